The molecule has 0 radical (unpaired) electrons. The third-order valence-electron chi connectivity index (χ3n) is 6.16. The lowest BCUT2D eigenvalue weighted by atomic mass is 9.85. The zero-order chi connectivity index (χ0) is 28.0. The van der Waals surface area contributed by atoms with Crippen LogP contribution in [-0.2, 0) is 16.0 Å². The topological polar surface area (TPSA) is 81.0 Å². The Morgan fingerprint density at radius 2 is 1.92 bits per heavy atom. The highest BCUT2D eigenvalue weighted by molar-refractivity contribution is 5.78. The molecular weight excluding hydrogens is 478 g/mol. The van der Waals surface area contributed by atoms with Crippen LogP contribution < -0.4 is 10.1 Å². The number of carbonyl (C=O) groups is 1. The molecule has 8 nitrogen and oxygen atoms in total. The number of hydrogen-bond donors (Lipinski definition) is 1. The van der Waals surface area contributed by atoms with Crippen molar-refractivity contribution in [1.29, 1.82) is 0 Å². The van der Waals surface area contributed by atoms with Gasteiger partial charge in [-0.05, 0) is 56.6 Å². The molecule has 5 rings (SSSR count). The smallest absolute Gasteiger partial charge is 0.237 e. The fraction of sp³-hybridized carbons (Fsp3) is 0.433. The van der Waals surface area contributed by atoms with Crippen molar-refractivity contribution in [3.05, 3.63) is 74.5 Å². The van der Waals surface area contributed by atoms with Crippen LogP contribution in [0.15, 0.2) is 68.9 Å². The van der Waals surface area contributed by atoms with Gasteiger partial charge in [0.2, 0.25) is 5.88 Å². The summed E-state index contributed by atoms with van der Waals surface area (Å²) in [5, 5.41) is 7.92. The fourth-order valence-corrected chi connectivity index (χ4v) is 4.50. The van der Waals surface area contributed by atoms with Crippen LogP contribution in [0.25, 0.3) is 5.65 Å². The molecule has 0 bridgehead atoms. The minimum atomic E-state index is 0.123. The second-order valence-corrected chi connectivity index (χ2v) is 9.03. The van der Waals surface area contributed by atoms with Crippen LogP contribution in [0.2, 0.25) is 0 Å². The average Bonchev–Trinajstić information content (AvgIpc) is 3.54. The zero-order valence-electron chi connectivity index (χ0n) is 23.2. The van der Waals surface area contributed by atoms with Crippen LogP contribution in [0.5, 0.6) is 11.6 Å². The molecule has 0 aliphatic carbocycles. The van der Waals surface area contributed by atoms with E-state index in [2.05, 4.69) is 46.6 Å². The lowest BCUT2D eigenvalue weighted by Crippen LogP contribution is -2.44. The molecule has 8 heteroatoms. The molecule has 2 aromatic heterocycles. The molecule has 0 amide bonds. The number of nitrogens with one attached hydrogen (secondary N) is 1. The van der Waals surface area contributed by atoms with Crippen LogP contribution in [0.3, 0.4) is 0 Å². The minimum Gasteiger partial charge on any atom is -0.438 e. The summed E-state index contributed by atoms with van der Waals surface area (Å²) in [4.78, 5) is 18.5. The number of likely N-dealkylation sites (tertiary alicyclic amines) is 1. The Balaban J connectivity index is 0.000000791. The standard InChI is InChI=1S/C24H29N5O3.C2H6.2C2H4/c1-18(30)12-19-4-2-5-20(13-19)32-23-7-6-22-26-21(14-29(22)27-23)25-9-3-10-28-11-8-24(15-28)16-31-17-24;3*1-2/h2,4-7,13-14,25H,3,8-12,15-17H2,1H3;1-2H3;2*1-2H2. The molecule has 1 spiro atoms. The molecule has 1 aromatic carbocycles. The summed E-state index contributed by atoms with van der Waals surface area (Å²) >= 11 is 0. The van der Waals surface area contributed by atoms with Crippen molar-refractivity contribution in [2.24, 2.45) is 5.41 Å². The first-order valence-electron chi connectivity index (χ1n) is 13.2. The Morgan fingerprint density at radius 1 is 1.16 bits per heavy atom. The summed E-state index contributed by atoms with van der Waals surface area (Å²) in [6.07, 6.45) is 4.62. The SMILES string of the molecule is C=C.C=C.CC.CC(=O)Cc1cccc(Oc2ccc3nc(NCCCN4CCC5(COC5)C4)cn3n2)c1. The van der Waals surface area contributed by atoms with E-state index in [4.69, 9.17) is 9.47 Å². The maximum absolute atomic E-state index is 11.4. The number of benzene rings is 1. The number of rotatable bonds is 9. The predicted octanol–water partition coefficient (Wildman–Crippen LogP) is 5.81. The number of hydrogen-bond acceptors (Lipinski definition) is 7. The second kappa shape index (κ2) is 15.7. The van der Waals surface area contributed by atoms with Crippen LogP contribution in [0, 0.1) is 5.41 Å². The Morgan fingerprint density at radius 3 is 2.58 bits per heavy atom. The van der Waals surface area contributed by atoms with Gasteiger partial charge in [-0.25, -0.2) is 9.50 Å². The first-order valence-corrected chi connectivity index (χ1v) is 13.2. The van der Waals surface area contributed by atoms with Gasteiger partial charge in [0.15, 0.2) is 5.65 Å². The van der Waals surface area contributed by atoms with Gasteiger partial charge in [0.1, 0.15) is 17.4 Å². The largest absolute Gasteiger partial charge is 0.438 e. The maximum atomic E-state index is 11.4. The summed E-state index contributed by atoms with van der Waals surface area (Å²) in [6, 6.07) is 11.2. The predicted molar refractivity (Wildman–Crippen MR) is 155 cm³/mol. The molecule has 0 atom stereocenters. The molecule has 0 unspecified atom stereocenters. The van der Waals surface area contributed by atoms with Crippen molar-refractivity contribution in [1.82, 2.24) is 19.5 Å². The van der Waals surface area contributed by atoms with E-state index in [1.807, 2.05) is 50.4 Å². The number of aromatic nitrogens is 3. The van der Waals surface area contributed by atoms with Gasteiger partial charge in [-0.3, -0.25) is 4.79 Å². The van der Waals surface area contributed by atoms with Gasteiger partial charge in [0.05, 0.1) is 19.4 Å². The molecule has 38 heavy (non-hydrogen) atoms. The number of ether oxygens (including phenoxy) is 2. The van der Waals surface area contributed by atoms with E-state index in [0.29, 0.717) is 23.5 Å². The van der Waals surface area contributed by atoms with Crippen molar-refractivity contribution in [2.75, 3.05) is 44.7 Å². The van der Waals surface area contributed by atoms with Gasteiger partial charge in [-0.15, -0.1) is 31.4 Å². The van der Waals surface area contributed by atoms with Gasteiger partial charge in [-0.2, -0.15) is 0 Å². The highest BCUT2D eigenvalue weighted by atomic mass is 16.5. The van der Waals surface area contributed by atoms with E-state index >= 15 is 0 Å². The summed E-state index contributed by atoms with van der Waals surface area (Å²) in [6.45, 7) is 23.8. The number of carbonyl (C=O) groups excluding carboxylic acids is 1. The number of Topliss-reactive ketones (excluding diaryl/α,β-unsaturated/α-hetero) is 1. The number of ketones is 1. The minimum absolute atomic E-state index is 0.123. The van der Waals surface area contributed by atoms with Gasteiger partial charge in [-0.1, -0.05) is 26.0 Å². The normalized spacial score (nSPS) is 15.1. The molecule has 2 aliphatic rings. The molecule has 1 N–H and O–H groups in total. The summed E-state index contributed by atoms with van der Waals surface area (Å²) in [7, 11) is 0. The lowest BCUT2D eigenvalue weighted by molar-refractivity contribution is -0.116. The van der Waals surface area contributed by atoms with E-state index in [0.717, 1.165) is 49.8 Å². The highest BCUT2D eigenvalue weighted by Gasteiger charge is 2.43. The first kappa shape index (κ1) is 30.7. The van der Waals surface area contributed by atoms with Crippen molar-refractivity contribution in [2.45, 2.75) is 40.0 Å². The second-order valence-electron chi connectivity index (χ2n) is 9.03. The van der Waals surface area contributed by atoms with Gasteiger partial charge in [0, 0.05) is 31.0 Å². The quantitative estimate of drug-likeness (QED) is 0.281. The highest BCUT2D eigenvalue weighted by Crippen LogP contribution is 2.37. The van der Waals surface area contributed by atoms with Crippen molar-refractivity contribution in [3.8, 4) is 11.6 Å². The fourth-order valence-electron chi connectivity index (χ4n) is 4.50. The molecule has 2 aliphatic heterocycles. The molecule has 2 fully saturated rings. The zero-order valence-corrected chi connectivity index (χ0v) is 23.2. The molecular formula is C30H43N5O3. The summed E-state index contributed by atoms with van der Waals surface area (Å²) in [5.74, 6) is 2.07. The van der Waals surface area contributed by atoms with E-state index in [1.54, 1.807) is 17.5 Å². The molecule has 3 aromatic rings. The number of nitrogens with zero attached hydrogens (tertiary/aromatic N) is 4. The van der Waals surface area contributed by atoms with Crippen LogP contribution in [0.4, 0.5) is 5.82 Å². The number of fused-ring (bicyclic) bond motifs is 1. The Labute approximate surface area is 227 Å². The van der Waals surface area contributed by atoms with Crippen LogP contribution >= 0.6 is 0 Å². The summed E-state index contributed by atoms with van der Waals surface area (Å²) in [5.41, 5.74) is 2.14. The molecule has 0 saturated carbocycles. The Kier molecular flexibility index (Phi) is 12.7. The van der Waals surface area contributed by atoms with Gasteiger partial charge >= 0.3 is 0 Å². The van der Waals surface area contributed by atoms with Crippen LogP contribution in [0.1, 0.15) is 39.2 Å². The monoisotopic (exact) mass is 521 g/mol. The van der Waals surface area contributed by atoms with Crippen molar-refractivity contribution >= 4 is 17.2 Å². The van der Waals surface area contributed by atoms with Crippen molar-refractivity contribution < 1.29 is 14.3 Å². The Bertz CT molecular complexity index is 1140. The number of anilines is 1. The third-order valence-corrected chi connectivity index (χ3v) is 6.16. The Hall–Kier alpha value is -3.49. The molecule has 206 valence electrons. The lowest BCUT2D eigenvalue weighted by Gasteiger charge is -2.37. The van der Waals surface area contributed by atoms with Crippen molar-refractivity contribution in [3.63, 3.8) is 0 Å². The van der Waals surface area contributed by atoms with Gasteiger partial charge in [0.25, 0.3) is 0 Å². The summed E-state index contributed by atoms with van der Waals surface area (Å²) < 4.78 is 13.0. The number of imidazole rings is 1. The van der Waals surface area contributed by atoms with E-state index < -0.39 is 0 Å². The van der Waals surface area contributed by atoms with E-state index in [1.165, 1.54) is 19.5 Å². The van der Waals surface area contributed by atoms with E-state index in [9.17, 15) is 4.79 Å². The average molecular weight is 522 g/mol. The van der Waals surface area contributed by atoms with Crippen LogP contribution in [-0.4, -0.2) is 64.7 Å². The van der Waals surface area contributed by atoms with E-state index in [-0.39, 0.29) is 5.78 Å². The van der Waals surface area contributed by atoms with Gasteiger partial charge < -0.3 is 19.7 Å². The maximum Gasteiger partial charge on any atom is 0.237 e. The third kappa shape index (κ3) is 8.53. The first-order chi connectivity index (χ1) is 18.6. The molecule has 4 heterocycles. The molecule has 2 saturated heterocycles.